The van der Waals surface area contributed by atoms with Gasteiger partial charge in [-0.1, -0.05) is 53.4 Å². The highest BCUT2D eigenvalue weighted by Crippen LogP contribution is 2.48. The lowest BCUT2D eigenvalue weighted by molar-refractivity contribution is -0.286. The van der Waals surface area contributed by atoms with Crippen LogP contribution in [0, 0.1) is 10.8 Å². The lowest BCUT2D eigenvalue weighted by atomic mass is 9.65. The van der Waals surface area contributed by atoms with Gasteiger partial charge in [0.1, 0.15) is 35.6 Å². The quantitative estimate of drug-likeness (QED) is 0.0235. The zero-order chi connectivity index (χ0) is 44.7. The maximum atomic E-state index is 13.5. The van der Waals surface area contributed by atoms with Gasteiger partial charge in [0.05, 0.1) is 37.3 Å². The van der Waals surface area contributed by atoms with Crippen molar-refractivity contribution < 1.29 is 91.5 Å². The first-order valence-corrected chi connectivity index (χ1v) is 19.8. The van der Waals surface area contributed by atoms with Crippen LogP contribution in [0.4, 0.5) is 24.0 Å². The molecule has 19 heteroatoms. The van der Waals surface area contributed by atoms with Crippen molar-refractivity contribution in [3.63, 3.8) is 0 Å². The van der Waals surface area contributed by atoms with Crippen LogP contribution in [-0.4, -0.2) is 92.8 Å². The van der Waals surface area contributed by atoms with Gasteiger partial charge in [0.15, 0.2) is 0 Å². The van der Waals surface area contributed by atoms with Crippen LogP contribution in [0.25, 0.3) is 0 Å². The van der Waals surface area contributed by atoms with E-state index in [1.165, 1.54) is 69.2 Å². The number of hydrogen-bond donors (Lipinski definition) is 0. The largest absolute Gasteiger partial charge is 0.541 e. The van der Waals surface area contributed by atoms with E-state index in [1.54, 1.807) is 0 Å². The predicted octanol–water partition coefficient (Wildman–Crippen LogP) is 9.81. The predicted molar refractivity (Wildman–Crippen MR) is 204 cm³/mol. The highest BCUT2D eigenvalue weighted by Gasteiger charge is 2.60. The second-order valence-electron chi connectivity index (χ2n) is 16.0. The van der Waals surface area contributed by atoms with Crippen LogP contribution >= 0.6 is 0 Å². The minimum Gasteiger partial charge on any atom is -0.433 e. The van der Waals surface area contributed by atoms with E-state index in [-0.39, 0.29) is 26.4 Å². The minimum absolute atomic E-state index is 0.126. The summed E-state index contributed by atoms with van der Waals surface area (Å²) in [5, 5.41) is 0. The van der Waals surface area contributed by atoms with Crippen molar-refractivity contribution in [1.82, 2.24) is 0 Å². The molecule has 0 radical (unpaired) electrons. The summed E-state index contributed by atoms with van der Waals surface area (Å²) in [7, 11) is 0. The van der Waals surface area contributed by atoms with E-state index >= 15 is 0 Å². The van der Waals surface area contributed by atoms with Crippen LogP contribution in [0.1, 0.15) is 148 Å². The lowest BCUT2D eigenvalue weighted by Crippen LogP contribution is -2.62. The molecule has 0 spiro atoms. The average Bonchev–Trinajstić information content (AvgIpc) is 3.12. The molecule has 0 heterocycles. The van der Waals surface area contributed by atoms with Crippen molar-refractivity contribution >= 4 is 30.8 Å². The number of carbonyl (C=O) groups is 5. The first-order chi connectivity index (χ1) is 26.9. The molecule has 0 unspecified atom stereocenters. The zero-order valence-corrected chi connectivity index (χ0v) is 37.2. The molecule has 0 rings (SSSR count). The van der Waals surface area contributed by atoms with Crippen molar-refractivity contribution in [2.24, 2.45) is 10.8 Å². The maximum Gasteiger partial charge on any atom is 0.541 e. The van der Waals surface area contributed by atoms with Gasteiger partial charge in [-0.2, -0.15) is 19.6 Å². The van der Waals surface area contributed by atoms with Gasteiger partial charge in [-0.05, 0) is 94.9 Å². The SMILES string of the molecule is CCCCOOC(=O)OC(C)(C)C(C)(COC(=O)OCC(C)(C(C)(C)OC(=O)OOCCCC)C(C)(C)OC(=O)OOCCCC)C(C)(C)OC(=O)OOCCCC. The third-order valence-corrected chi connectivity index (χ3v) is 10.5. The summed E-state index contributed by atoms with van der Waals surface area (Å²) in [5.41, 5.74) is -9.65. The lowest BCUT2D eigenvalue weighted by Gasteiger charge is -2.51. The molecule has 0 aliphatic rings. The van der Waals surface area contributed by atoms with E-state index in [1.807, 2.05) is 27.7 Å². The molecule has 58 heavy (non-hydrogen) atoms. The van der Waals surface area contributed by atoms with Gasteiger partial charge in [-0.15, -0.1) is 0 Å². The second kappa shape index (κ2) is 25.6. The Hall–Kier alpha value is -3.81. The Balaban J connectivity index is 6.49. The highest BCUT2D eigenvalue weighted by atomic mass is 17.2. The summed E-state index contributed by atoms with van der Waals surface area (Å²) in [6.07, 6.45) is -0.472. The van der Waals surface area contributed by atoms with Gasteiger partial charge in [0, 0.05) is 0 Å². The fourth-order valence-electron chi connectivity index (χ4n) is 5.12. The normalized spacial score (nSPS) is 12.5. The van der Waals surface area contributed by atoms with E-state index in [2.05, 4.69) is 0 Å². The van der Waals surface area contributed by atoms with Crippen molar-refractivity contribution in [3.8, 4) is 0 Å². The Morgan fingerprint density at radius 1 is 0.345 bits per heavy atom. The van der Waals surface area contributed by atoms with Gasteiger partial charge in [-0.25, -0.2) is 24.0 Å². The third kappa shape index (κ3) is 17.6. The van der Waals surface area contributed by atoms with E-state index in [9.17, 15) is 24.0 Å². The molecule has 0 aromatic carbocycles. The van der Waals surface area contributed by atoms with Crippen molar-refractivity contribution in [1.29, 1.82) is 0 Å². The molecule has 0 saturated heterocycles. The molecule has 19 nitrogen and oxygen atoms in total. The van der Waals surface area contributed by atoms with Crippen molar-refractivity contribution in [3.05, 3.63) is 0 Å². The molecular weight excluding hydrogens is 772 g/mol. The van der Waals surface area contributed by atoms with Crippen LogP contribution < -0.4 is 0 Å². The second-order valence-corrected chi connectivity index (χ2v) is 16.0. The molecule has 0 bridgehead atoms. The summed E-state index contributed by atoms with van der Waals surface area (Å²) in [5.74, 6) is 0. The first-order valence-electron chi connectivity index (χ1n) is 19.8. The van der Waals surface area contributed by atoms with Gasteiger partial charge in [0.2, 0.25) is 0 Å². The van der Waals surface area contributed by atoms with E-state index in [0.29, 0.717) is 25.7 Å². The standard InChI is InChI=1S/C39H70O19/c1-15-19-23-47-55-30(41)51-34(5,6)38(13,35(7,8)52-31(42)56-48-24-20-16-2)27-45-29(40)46-28-39(14,36(9,10)53-32(43)57-49-25-21-17-3)37(11,12)54-33(44)58-50-26-22-18-4/h15-28H2,1-14H3. The molecule has 0 N–H and O–H groups in total. The smallest absolute Gasteiger partial charge is 0.433 e. The Morgan fingerprint density at radius 2 is 0.552 bits per heavy atom. The Labute approximate surface area is 343 Å². The molecule has 0 atom stereocenters. The van der Waals surface area contributed by atoms with Crippen molar-refractivity contribution in [2.45, 2.75) is 171 Å². The Kier molecular flexibility index (Phi) is 23.9. The summed E-state index contributed by atoms with van der Waals surface area (Å²) in [6, 6.07) is 0. The summed E-state index contributed by atoms with van der Waals surface area (Å²) < 4.78 is 33.8. The monoisotopic (exact) mass is 842 g/mol. The summed E-state index contributed by atoms with van der Waals surface area (Å²) in [4.78, 5) is 103. The maximum absolute atomic E-state index is 13.5. The van der Waals surface area contributed by atoms with Gasteiger partial charge in [0.25, 0.3) is 0 Å². The van der Waals surface area contributed by atoms with E-state index in [0.717, 1.165) is 25.7 Å². The summed E-state index contributed by atoms with van der Waals surface area (Å²) in [6.45, 7) is 21.9. The van der Waals surface area contributed by atoms with Crippen LogP contribution in [0.3, 0.4) is 0 Å². The Bertz CT molecular complexity index is 1080. The number of ether oxygens (including phenoxy) is 6. The molecule has 0 amide bonds. The van der Waals surface area contributed by atoms with Crippen LogP contribution in [0.2, 0.25) is 0 Å². The fourth-order valence-corrected chi connectivity index (χ4v) is 5.12. The topological polar surface area (TPSA) is 215 Å². The van der Waals surface area contributed by atoms with Crippen LogP contribution in [0.15, 0.2) is 0 Å². The molecule has 0 aliphatic heterocycles. The van der Waals surface area contributed by atoms with Gasteiger partial charge in [-0.3, -0.25) is 19.6 Å². The molecule has 0 fully saturated rings. The third-order valence-electron chi connectivity index (χ3n) is 10.5. The van der Waals surface area contributed by atoms with Crippen LogP contribution in [0.5, 0.6) is 0 Å². The number of unbranched alkanes of at least 4 members (excludes halogenated alkanes) is 4. The highest BCUT2D eigenvalue weighted by molar-refractivity contribution is 5.62. The Morgan fingerprint density at radius 3 is 0.741 bits per heavy atom. The molecular formula is C39H70O19. The molecule has 0 aliphatic carbocycles. The fraction of sp³-hybridized carbons (Fsp3) is 0.872. The minimum atomic E-state index is -1.62. The molecule has 0 aromatic rings. The number of carbonyl (C=O) groups excluding carboxylic acids is 5. The molecule has 340 valence electrons. The van der Waals surface area contributed by atoms with Gasteiger partial charge < -0.3 is 28.4 Å². The molecule has 0 saturated carbocycles. The van der Waals surface area contributed by atoms with Crippen molar-refractivity contribution in [2.75, 3.05) is 39.6 Å². The number of hydrogen-bond acceptors (Lipinski definition) is 19. The number of rotatable bonds is 28. The average molecular weight is 843 g/mol. The van der Waals surface area contributed by atoms with Gasteiger partial charge >= 0.3 is 30.8 Å². The van der Waals surface area contributed by atoms with E-state index in [4.69, 9.17) is 67.5 Å². The van der Waals surface area contributed by atoms with E-state index < -0.39 is 77.2 Å². The van der Waals surface area contributed by atoms with Crippen LogP contribution in [-0.2, 0) is 67.5 Å². The molecule has 0 aromatic heterocycles. The zero-order valence-electron chi connectivity index (χ0n) is 37.2. The summed E-state index contributed by atoms with van der Waals surface area (Å²) >= 11 is 0. The first kappa shape index (κ1) is 54.2.